The fraction of sp³-hybridized carbons (Fsp3) is 0.0909. The van der Waals surface area contributed by atoms with Crippen molar-refractivity contribution in [2.45, 2.75) is 11.8 Å². The Hall–Kier alpha value is -2.06. The number of halogens is 1. The lowest BCUT2D eigenvalue weighted by Crippen LogP contribution is -2.13. The molecule has 1 amide bonds. The van der Waals surface area contributed by atoms with Crippen LogP contribution in [0.25, 0.3) is 0 Å². The predicted molar refractivity (Wildman–Crippen MR) is 73.1 cm³/mol. The first-order chi connectivity index (χ1) is 9.38. The molecule has 0 radical (unpaired) electrons. The van der Waals surface area contributed by atoms with Crippen LogP contribution >= 0.6 is 11.6 Å². The van der Waals surface area contributed by atoms with Crippen LogP contribution in [-0.2, 0) is 14.8 Å². The zero-order chi connectivity index (χ0) is 14.8. The molecule has 106 valence electrons. The topological polar surface area (TPSA) is 101 Å². The second-order valence-corrected chi connectivity index (χ2v) is 5.90. The van der Waals surface area contributed by atoms with Gasteiger partial charge >= 0.3 is 0 Å². The number of sulfonamides is 1. The van der Waals surface area contributed by atoms with Crippen molar-refractivity contribution in [1.82, 2.24) is 5.16 Å². The van der Waals surface area contributed by atoms with Gasteiger partial charge in [0.25, 0.3) is 10.0 Å². The van der Waals surface area contributed by atoms with Crippen molar-refractivity contribution in [2.24, 2.45) is 0 Å². The Morgan fingerprint density at radius 1 is 1.35 bits per heavy atom. The number of aromatic nitrogens is 1. The summed E-state index contributed by atoms with van der Waals surface area (Å²) >= 11 is 5.92. The van der Waals surface area contributed by atoms with Crippen LogP contribution in [0.3, 0.4) is 0 Å². The number of hydrogen-bond acceptors (Lipinski definition) is 5. The van der Waals surface area contributed by atoms with Crippen LogP contribution in [0.4, 0.5) is 11.5 Å². The Bertz CT molecular complexity index is 728. The minimum atomic E-state index is -3.82. The Balaban J connectivity index is 2.29. The number of benzene rings is 1. The molecule has 2 aromatic rings. The van der Waals surface area contributed by atoms with E-state index in [1.165, 1.54) is 37.5 Å². The maximum atomic E-state index is 12.0. The number of hydrogen-bond donors (Lipinski definition) is 2. The molecule has 1 aromatic heterocycles. The normalized spacial score (nSPS) is 11.1. The molecule has 1 heterocycles. The molecule has 0 saturated heterocycles. The summed E-state index contributed by atoms with van der Waals surface area (Å²) in [5, 5.41) is 6.05. The van der Waals surface area contributed by atoms with E-state index in [-0.39, 0.29) is 21.6 Å². The summed E-state index contributed by atoms with van der Waals surface area (Å²) in [5.41, 5.74) is 0.333. The second-order valence-electron chi connectivity index (χ2n) is 3.81. The number of amides is 1. The van der Waals surface area contributed by atoms with Gasteiger partial charge in [0, 0.05) is 13.0 Å². The molecule has 2 rings (SSSR count). The second kappa shape index (κ2) is 5.51. The van der Waals surface area contributed by atoms with Gasteiger partial charge in [-0.3, -0.25) is 9.52 Å². The maximum absolute atomic E-state index is 12.0. The van der Waals surface area contributed by atoms with Gasteiger partial charge in [-0.05, 0) is 18.2 Å². The van der Waals surface area contributed by atoms with Crippen LogP contribution in [0, 0.1) is 0 Å². The standard InChI is InChI=1S/C11H10ClN3O4S/c1-7(16)13-10-3-2-8(6-9(10)12)20(17,18)15-11-4-5-19-14-11/h2-6H,1H3,(H,13,16)(H,14,15). The Morgan fingerprint density at radius 2 is 2.10 bits per heavy atom. The number of anilines is 2. The quantitative estimate of drug-likeness (QED) is 0.899. The molecule has 2 N–H and O–H groups in total. The number of carbonyl (C=O) groups excluding carboxylic acids is 1. The Morgan fingerprint density at radius 3 is 2.65 bits per heavy atom. The van der Waals surface area contributed by atoms with Gasteiger partial charge in [-0.15, -0.1) is 0 Å². The van der Waals surface area contributed by atoms with Crippen molar-refractivity contribution in [3.8, 4) is 0 Å². The molecular formula is C11H10ClN3O4S. The Kier molecular flexibility index (Phi) is 3.96. The van der Waals surface area contributed by atoms with E-state index in [0.717, 1.165) is 0 Å². The molecule has 0 aliphatic carbocycles. The first-order valence-electron chi connectivity index (χ1n) is 5.39. The van der Waals surface area contributed by atoms with E-state index >= 15 is 0 Å². The largest absolute Gasteiger partial charge is 0.363 e. The van der Waals surface area contributed by atoms with Crippen LogP contribution in [0.5, 0.6) is 0 Å². The zero-order valence-corrected chi connectivity index (χ0v) is 11.8. The van der Waals surface area contributed by atoms with Gasteiger partial charge in [0.1, 0.15) is 6.26 Å². The number of carbonyl (C=O) groups is 1. The van der Waals surface area contributed by atoms with Crippen molar-refractivity contribution in [1.29, 1.82) is 0 Å². The summed E-state index contributed by atoms with van der Waals surface area (Å²) < 4.78 is 30.8. The van der Waals surface area contributed by atoms with Gasteiger partial charge in [-0.25, -0.2) is 8.42 Å². The van der Waals surface area contributed by atoms with E-state index in [1.807, 2.05) is 0 Å². The van der Waals surface area contributed by atoms with Crippen LogP contribution in [0.15, 0.2) is 39.9 Å². The third-order valence-electron chi connectivity index (χ3n) is 2.24. The fourth-order valence-electron chi connectivity index (χ4n) is 1.42. The van der Waals surface area contributed by atoms with Gasteiger partial charge in [-0.2, -0.15) is 0 Å². The molecule has 7 nitrogen and oxygen atoms in total. The van der Waals surface area contributed by atoms with Crippen molar-refractivity contribution < 1.29 is 17.7 Å². The third-order valence-corrected chi connectivity index (χ3v) is 3.90. The van der Waals surface area contributed by atoms with Gasteiger partial charge in [0.2, 0.25) is 5.91 Å². The molecule has 1 aromatic carbocycles. The van der Waals surface area contributed by atoms with E-state index < -0.39 is 10.0 Å². The number of rotatable bonds is 4. The van der Waals surface area contributed by atoms with Crippen LogP contribution < -0.4 is 10.0 Å². The lowest BCUT2D eigenvalue weighted by molar-refractivity contribution is -0.114. The molecule has 0 fully saturated rings. The molecule has 0 bridgehead atoms. The minimum Gasteiger partial charge on any atom is -0.363 e. The third kappa shape index (κ3) is 3.28. The fourth-order valence-corrected chi connectivity index (χ4v) is 2.73. The monoisotopic (exact) mass is 315 g/mol. The van der Waals surface area contributed by atoms with Crippen molar-refractivity contribution in [3.63, 3.8) is 0 Å². The van der Waals surface area contributed by atoms with E-state index in [0.29, 0.717) is 5.69 Å². The summed E-state index contributed by atoms with van der Waals surface area (Å²) in [7, 11) is -3.82. The highest BCUT2D eigenvalue weighted by atomic mass is 35.5. The van der Waals surface area contributed by atoms with Crippen molar-refractivity contribution >= 4 is 39.0 Å². The van der Waals surface area contributed by atoms with Gasteiger partial charge in [-0.1, -0.05) is 16.8 Å². The summed E-state index contributed by atoms with van der Waals surface area (Å²) in [5.74, 6) is -0.240. The van der Waals surface area contributed by atoms with Gasteiger partial charge < -0.3 is 9.84 Å². The zero-order valence-electron chi connectivity index (χ0n) is 10.3. The lowest BCUT2D eigenvalue weighted by atomic mass is 10.3. The summed E-state index contributed by atoms with van der Waals surface area (Å²) in [6.07, 6.45) is 1.24. The van der Waals surface area contributed by atoms with E-state index in [1.54, 1.807) is 0 Å². The smallest absolute Gasteiger partial charge is 0.263 e. The summed E-state index contributed by atoms with van der Waals surface area (Å²) in [6, 6.07) is 5.32. The molecule has 0 aliphatic rings. The van der Waals surface area contributed by atoms with Crippen molar-refractivity contribution in [2.75, 3.05) is 10.0 Å². The lowest BCUT2D eigenvalue weighted by Gasteiger charge is -2.08. The average Bonchev–Trinajstić information content (AvgIpc) is 2.83. The maximum Gasteiger partial charge on any atom is 0.263 e. The van der Waals surface area contributed by atoms with Gasteiger partial charge in [0.15, 0.2) is 5.82 Å². The molecule has 0 saturated carbocycles. The van der Waals surface area contributed by atoms with Crippen molar-refractivity contribution in [3.05, 3.63) is 35.6 Å². The highest BCUT2D eigenvalue weighted by Crippen LogP contribution is 2.26. The molecule has 0 aliphatic heterocycles. The molecule has 9 heteroatoms. The summed E-state index contributed by atoms with van der Waals surface area (Å²) in [4.78, 5) is 10.9. The SMILES string of the molecule is CC(=O)Nc1ccc(S(=O)(=O)Nc2ccon2)cc1Cl. The molecule has 0 unspecified atom stereocenters. The van der Waals surface area contributed by atoms with Gasteiger partial charge in [0.05, 0.1) is 15.6 Å². The van der Waals surface area contributed by atoms with E-state index in [9.17, 15) is 13.2 Å². The molecular weight excluding hydrogens is 306 g/mol. The van der Waals surface area contributed by atoms with Crippen LogP contribution in [0.2, 0.25) is 5.02 Å². The van der Waals surface area contributed by atoms with Crippen LogP contribution in [0.1, 0.15) is 6.92 Å². The average molecular weight is 316 g/mol. The molecule has 0 atom stereocenters. The highest BCUT2D eigenvalue weighted by molar-refractivity contribution is 7.92. The van der Waals surface area contributed by atoms with E-state index in [2.05, 4.69) is 19.7 Å². The first kappa shape index (κ1) is 14.4. The number of nitrogens with zero attached hydrogens (tertiary/aromatic N) is 1. The first-order valence-corrected chi connectivity index (χ1v) is 7.25. The van der Waals surface area contributed by atoms with Crippen LogP contribution in [-0.4, -0.2) is 19.5 Å². The number of nitrogens with one attached hydrogen (secondary N) is 2. The summed E-state index contributed by atoms with van der Waals surface area (Å²) in [6.45, 7) is 1.33. The molecule has 20 heavy (non-hydrogen) atoms. The minimum absolute atomic E-state index is 0.0559. The van der Waals surface area contributed by atoms with E-state index in [4.69, 9.17) is 11.6 Å². The highest BCUT2D eigenvalue weighted by Gasteiger charge is 2.17. The molecule has 0 spiro atoms. The Labute approximate surface area is 120 Å². The predicted octanol–water partition coefficient (Wildman–Crippen LogP) is 2.09.